The number of Topliss-reactive ketones (excluding diaryl/α,β-unsaturated/α-hetero) is 1. The van der Waals surface area contributed by atoms with Gasteiger partial charge in [0.2, 0.25) is 23.8 Å². The Kier molecular flexibility index (Phi) is 24.3. The molecule has 592 valence electrons. The van der Waals surface area contributed by atoms with Crippen molar-refractivity contribution in [3.8, 4) is 50.3 Å². The molecule has 0 atom stereocenters. The van der Waals surface area contributed by atoms with Crippen molar-refractivity contribution < 1.29 is 78.0 Å². The maximum Gasteiger partial charge on any atom is 0.573 e. The second-order valence-electron chi connectivity index (χ2n) is 24.9. The summed E-state index contributed by atoms with van der Waals surface area (Å²) in [6, 6.07) is 63.8. The van der Waals surface area contributed by atoms with Crippen LogP contribution in [0.3, 0.4) is 0 Å². The number of aromatic carboxylic acids is 1. The van der Waals surface area contributed by atoms with Crippen molar-refractivity contribution in [2.24, 2.45) is 0 Å². The van der Waals surface area contributed by atoms with Crippen LogP contribution in [0.5, 0.6) is 5.75 Å². The number of halogens is 10. The number of benzene rings is 8. The van der Waals surface area contributed by atoms with Crippen LogP contribution in [0.2, 0.25) is 5.02 Å². The molecule has 0 unspecified atom stereocenters. The Bertz CT molecular complexity index is 6090. The quantitative estimate of drug-likeness (QED) is 0.0322. The number of carboxylic acid groups (broad SMARTS) is 1. The van der Waals surface area contributed by atoms with Gasteiger partial charge in [-0.1, -0.05) is 67.6 Å². The third-order valence-corrected chi connectivity index (χ3v) is 17.3. The van der Waals surface area contributed by atoms with Gasteiger partial charge in [0.05, 0.1) is 42.0 Å². The zero-order valence-electron chi connectivity index (χ0n) is 60.4. The minimum atomic E-state index is -4.78. The van der Waals surface area contributed by atoms with Crippen LogP contribution < -0.4 is 26.0 Å². The molecule has 16 aromatic rings. The number of carbonyl (C=O) groups is 4. The van der Waals surface area contributed by atoms with Gasteiger partial charge in [-0.3, -0.25) is 4.79 Å². The molecule has 24 nitrogen and oxygen atoms in total. The summed E-state index contributed by atoms with van der Waals surface area (Å²) in [5.74, 6) is -0.960. The van der Waals surface area contributed by atoms with E-state index in [0.717, 1.165) is 41.1 Å². The second-order valence-corrected chi connectivity index (χ2v) is 25.3. The van der Waals surface area contributed by atoms with E-state index in [1.807, 2.05) is 42.6 Å². The molecular formula is C83H62ClF9N16O8. The molecule has 0 radical (unpaired) electrons. The summed E-state index contributed by atoms with van der Waals surface area (Å²) in [6.07, 6.45) is -6.83. The Morgan fingerprint density at radius 2 is 0.675 bits per heavy atom. The van der Waals surface area contributed by atoms with Crippen molar-refractivity contribution in [3.05, 3.63) is 306 Å². The minimum Gasteiger partial charge on any atom is -0.478 e. The minimum absolute atomic E-state index is 0. The third-order valence-electron chi connectivity index (χ3n) is 17.0. The number of hydrogen-bond acceptors (Lipinski definition) is 19. The number of ketones is 1. The van der Waals surface area contributed by atoms with E-state index in [1.54, 1.807) is 163 Å². The summed E-state index contributed by atoms with van der Waals surface area (Å²) in [5, 5.41) is 39.2. The molecule has 0 aliphatic carbocycles. The summed E-state index contributed by atoms with van der Waals surface area (Å²) in [4.78, 5) is 63.2. The summed E-state index contributed by atoms with van der Waals surface area (Å²) < 4.78 is 135. The number of esters is 2. The lowest BCUT2D eigenvalue weighted by Gasteiger charge is -2.10. The molecular weight excluding hydrogens is 1560 g/mol. The maximum absolute atomic E-state index is 13.1. The van der Waals surface area contributed by atoms with Gasteiger partial charge in [0.1, 0.15) is 5.75 Å². The molecule has 5 N–H and O–H groups in total. The average molecular weight is 1620 g/mol. The van der Waals surface area contributed by atoms with Gasteiger partial charge in [0.15, 0.2) is 28.4 Å². The zero-order valence-corrected chi connectivity index (χ0v) is 61.1. The van der Waals surface area contributed by atoms with Crippen molar-refractivity contribution in [3.63, 3.8) is 0 Å². The van der Waals surface area contributed by atoms with E-state index in [1.165, 1.54) is 77.2 Å². The predicted molar refractivity (Wildman–Crippen MR) is 421 cm³/mol. The highest BCUT2D eigenvalue weighted by molar-refractivity contribution is 6.30. The molecule has 0 aliphatic heterocycles. The van der Waals surface area contributed by atoms with Gasteiger partial charge >= 0.3 is 36.6 Å². The molecule has 8 aromatic carbocycles. The standard InChI is InChI=1S/C21H15F3N4O3.C21H15F3N4O.C20H15ClN4O2.C20H13F3N4O2.CH4/c1-30-19(29)13-7-9-15(10-8-13)25-20-26-18-17(6-3-11-28(18)27-20)14-4-2-5-16(12-14)31-21(22,23)24;1-13(29)14-7-9-17(10-8-14)25-20-26-19-18(6-3-11-28(19)27-20)15-4-2-5-16(12-15)21(22,23)24;1-27-19(26)13-7-9-16(10-8-13)22-20-23-18-17(6-3-11-25(18)24-20)14-4-2-5-15(21)12-14;21-20(22,23)14-4-1-3-13(11-14)16-5-2-10-27-17(16)25-19(26-27)24-15-8-6-12(7-9-15)18(28)29;/h2-12H,1H3,(H,25,27);2-12H,1H3,(H,25,27);2-12H,1H3,(H,22,24);1-11H,(H,24,26)(H,28,29);1H4. The summed E-state index contributed by atoms with van der Waals surface area (Å²) in [7, 11) is 2.66. The number of ether oxygens (including phenoxy) is 3. The molecule has 117 heavy (non-hydrogen) atoms. The monoisotopic (exact) mass is 1620 g/mol. The predicted octanol–water partition coefficient (Wildman–Crippen LogP) is 20.3. The van der Waals surface area contributed by atoms with Crippen molar-refractivity contribution >= 4 is 104 Å². The topological polar surface area (TPSA) is 285 Å². The lowest BCUT2D eigenvalue weighted by Crippen LogP contribution is -2.17. The van der Waals surface area contributed by atoms with E-state index in [2.05, 4.69) is 71.1 Å². The first-order valence-corrected chi connectivity index (χ1v) is 34.7. The van der Waals surface area contributed by atoms with Crippen LogP contribution in [0.25, 0.3) is 67.1 Å². The normalized spacial score (nSPS) is 11.2. The van der Waals surface area contributed by atoms with E-state index in [9.17, 15) is 58.7 Å². The highest BCUT2D eigenvalue weighted by Gasteiger charge is 2.33. The number of hydrogen-bond donors (Lipinski definition) is 5. The summed E-state index contributed by atoms with van der Waals surface area (Å²) >= 11 is 6.12. The molecule has 0 spiro atoms. The van der Waals surface area contributed by atoms with Crippen molar-refractivity contribution in [1.29, 1.82) is 0 Å². The number of aromatic nitrogens is 12. The Balaban J connectivity index is 0.000000143. The number of methoxy groups -OCH3 is 2. The van der Waals surface area contributed by atoms with Crippen LogP contribution in [-0.4, -0.2) is 108 Å². The Morgan fingerprint density at radius 1 is 0.376 bits per heavy atom. The first-order chi connectivity index (χ1) is 55.6. The Hall–Kier alpha value is -15.0. The molecule has 0 fully saturated rings. The smallest absolute Gasteiger partial charge is 0.478 e. The number of carboxylic acids is 1. The molecule has 0 saturated carbocycles. The van der Waals surface area contributed by atoms with Crippen LogP contribution in [0.15, 0.2) is 267 Å². The molecule has 8 aromatic heterocycles. The molecule has 0 amide bonds. The zero-order chi connectivity index (χ0) is 82.0. The largest absolute Gasteiger partial charge is 0.573 e. The Labute approximate surface area is 662 Å². The van der Waals surface area contributed by atoms with Crippen molar-refractivity contribution in [2.45, 2.75) is 33.1 Å². The van der Waals surface area contributed by atoms with E-state index in [0.29, 0.717) is 107 Å². The lowest BCUT2D eigenvalue weighted by molar-refractivity contribution is -0.274. The van der Waals surface area contributed by atoms with Gasteiger partial charge in [-0.15, -0.1) is 33.6 Å². The number of carbonyl (C=O) groups excluding carboxylic acids is 3. The fourth-order valence-electron chi connectivity index (χ4n) is 11.6. The van der Waals surface area contributed by atoms with Gasteiger partial charge in [0, 0.05) is 80.4 Å². The molecule has 0 aliphatic rings. The number of fused-ring (bicyclic) bond motifs is 4. The van der Waals surface area contributed by atoms with Crippen LogP contribution in [0.1, 0.15) is 66.9 Å². The molecule has 16 rings (SSSR count). The van der Waals surface area contributed by atoms with Gasteiger partial charge in [-0.25, -0.2) is 32.4 Å². The highest BCUT2D eigenvalue weighted by atomic mass is 35.5. The van der Waals surface area contributed by atoms with Gasteiger partial charge < -0.3 is 40.6 Å². The second kappa shape index (κ2) is 34.9. The van der Waals surface area contributed by atoms with Gasteiger partial charge in [-0.2, -0.15) is 46.3 Å². The van der Waals surface area contributed by atoms with Crippen LogP contribution >= 0.6 is 11.6 Å². The number of pyridine rings is 4. The van der Waals surface area contributed by atoms with Crippen LogP contribution in [0, 0.1) is 0 Å². The van der Waals surface area contributed by atoms with Gasteiger partial charge in [-0.05, 0) is 223 Å². The highest BCUT2D eigenvalue weighted by Crippen LogP contribution is 2.37. The Morgan fingerprint density at radius 3 is 0.974 bits per heavy atom. The van der Waals surface area contributed by atoms with E-state index in [4.69, 9.17) is 21.4 Å². The van der Waals surface area contributed by atoms with Crippen molar-refractivity contribution in [1.82, 2.24) is 58.4 Å². The number of nitrogens with zero attached hydrogens (tertiary/aromatic N) is 12. The summed E-state index contributed by atoms with van der Waals surface area (Å²) in [6.45, 7) is 1.49. The molecule has 8 heterocycles. The fourth-order valence-corrected chi connectivity index (χ4v) is 11.8. The SMILES string of the molecule is C.CC(=O)c1ccc(Nc2nc3c(-c4cccc(C(F)(F)F)c4)cccn3n2)cc1.COC(=O)c1ccc(Nc2nc3c(-c4cccc(Cl)c4)cccn3n2)cc1.COC(=O)c1ccc(Nc2nc3c(-c4cccc(OC(F)(F)F)c4)cccn3n2)cc1.O=C(O)c1ccc(Nc2nc3c(-c4cccc(C(F)(F)F)c4)cccn3n2)cc1. The fraction of sp³-hybridized carbons (Fsp3) is 0.0843. The first kappa shape index (κ1) is 81.5. The van der Waals surface area contributed by atoms with E-state index in [-0.39, 0.29) is 42.4 Å². The third kappa shape index (κ3) is 20.1. The van der Waals surface area contributed by atoms with Crippen molar-refractivity contribution in [2.75, 3.05) is 35.5 Å². The number of rotatable bonds is 17. The number of nitrogens with one attached hydrogen (secondary N) is 4. The maximum atomic E-state index is 13.1. The lowest BCUT2D eigenvalue weighted by atomic mass is 10.0. The molecule has 0 bridgehead atoms. The van der Waals surface area contributed by atoms with Crippen LogP contribution in [0.4, 0.5) is 86.1 Å². The van der Waals surface area contributed by atoms with E-state index < -0.39 is 41.8 Å². The average Bonchev–Trinajstić information content (AvgIpc) is 1.79. The summed E-state index contributed by atoms with van der Waals surface area (Å²) in [5.41, 5.74) is 9.57. The first-order valence-electron chi connectivity index (χ1n) is 34.4. The van der Waals surface area contributed by atoms with Crippen LogP contribution in [-0.2, 0) is 21.8 Å². The van der Waals surface area contributed by atoms with E-state index >= 15 is 0 Å². The van der Waals surface area contributed by atoms with Gasteiger partial charge in [0.25, 0.3) is 0 Å². The molecule has 0 saturated heterocycles. The molecule has 34 heteroatoms. The number of anilines is 8. The number of alkyl halides is 9.